The number of carbonyl (C=O) groups excluding carboxylic acids is 2. The number of nitrogens with one attached hydrogen (secondary N) is 3. The molecule has 3 N–H and O–H groups in total. The zero-order chi connectivity index (χ0) is 26.0. The summed E-state index contributed by atoms with van der Waals surface area (Å²) in [6.07, 6.45) is -0.301. The highest BCUT2D eigenvalue weighted by molar-refractivity contribution is 7.14. The lowest BCUT2D eigenvalue weighted by Crippen LogP contribution is -2.50. The predicted molar refractivity (Wildman–Crippen MR) is 146 cm³/mol. The molecule has 0 aliphatic carbocycles. The average Bonchev–Trinajstić information content (AvgIpc) is 3.51. The second kappa shape index (κ2) is 10.1. The van der Waals surface area contributed by atoms with Crippen molar-refractivity contribution in [1.29, 1.82) is 0 Å². The van der Waals surface area contributed by atoms with Crippen LogP contribution in [0.2, 0.25) is 0 Å². The van der Waals surface area contributed by atoms with E-state index in [-0.39, 0.29) is 12.0 Å². The first-order chi connectivity index (χ1) is 17.8. The van der Waals surface area contributed by atoms with Crippen LogP contribution in [0.5, 0.6) is 0 Å². The molecule has 0 radical (unpaired) electrons. The fourth-order valence-corrected chi connectivity index (χ4v) is 4.78. The molecule has 1 saturated heterocycles. The number of aromatic amines is 1. The third-order valence-electron chi connectivity index (χ3n) is 5.86. The highest BCUT2D eigenvalue weighted by atomic mass is 32.1. The fraction of sp³-hybridized carbons (Fsp3) is 0.308. The molecule has 3 heterocycles. The molecule has 0 spiro atoms. The van der Waals surface area contributed by atoms with Crippen LogP contribution in [0, 0.1) is 0 Å². The van der Waals surface area contributed by atoms with Crippen molar-refractivity contribution in [2.45, 2.75) is 26.4 Å². The van der Waals surface area contributed by atoms with E-state index in [1.807, 2.05) is 69.3 Å². The van der Waals surface area contributed by atoms with Crippen molar-refractivity contribution >= 4 is 56.6 Å². The maximum Gasteiger partial charge on any atom is 0.410 e. The Labute approximate surface area is 218 Å². The molecule has 1 aliphatic heterocycles. The normalized spacial score (nSPS) is 14.0. The lowest BCUT2D eigenvalue weighted by Gasteiger charge is -2.37. The Morgan fingerprint density at radius 3 is 2.54 bits per heavy atom. The van der Waals surface area contributed by atoms with Crippen molar-refractivity contribution in [3.63, 3.8) is 0 Å². The molecular weight excluding hydrogens is 490 g/mol. The molecule has 5 rings (SSSR count). The fourth-order valence-electron chi connectivity index (χ4n) is 4.09. The Kier molecular flexibility index (Phi) is 6.70. The van der Waals surface area contributed by atoms with Gasteiger partial charge in [0, 0.05) is 36.9 Å². The number of carbonyl (C=O) groups is 2. The van der Waals surface area contributed by atoms with Crippen molar-refractivity contribution < 1.29 is 14.3 Å². The lowest BCUT2D eigenvalue weighted by molar-refractivity contribution is 0.0240. The molecule has 10 nitrogen and oxygen atoms in total. The number of amides is 2. The standard InChI is InChI=1S/C26H29N7O3S/c1-26(2,3)36-25(35)33-14-12-32(13-15-33)21-11-7-6-10-19(21)27-23(34)20-16-37-24(28-20)29-22-17-8-4-5-9-18(17)30-31-22/h4-11,16H,12-15H2,1-3H3,(H,27,34)(H2,28,29,30,31). The van der Waals surface area contributed by atoms with E-state index in [4.69, 9.17) is 4.74 Å². The van der Waals surface area contributed by atoms with E-state index in [0.29, 0.717) is 48.5 Å². The topological polar surface area (TPSA) is 115 Å². The van der Waals surface area contributed by atoms with Crippen LogP contribution in [0.4, 0.5) is 27.1 Å². The van der Waals surface area contributed by atoms with Crippen molar-refractivity contribution in [2.75, 3.05) is 41.7 Å². The second-order valence-corrected chi connectivity index (χ2v) is 10.6. The van der Waals surface area contributed by atoms with Crippen LogP contribution >= 0.6 is 11.3 Å². The summed E-state index contributed by atoms with van der Waals surface area (Å²) in [4.78, 5) is 33.8. The molecule has 0 atom stereocenters. The van der Waals surface area contributed by atoms with Gasteiger partial charge in [-0.25, -0.2) is 9.78 Å². The Morgan fingerprint density at radius 1 is 1.03 bits per heavy atom. The largest absolute Gasteiger partial charge is 0.444 e. The van der Waals surface area contributed by atoms with Gasteiger partial charge in [-0.15, -0.1) is 11.3 Å². The van der Waals surface area contributed by atoms with Crippen LogP contribution in [0.25, 0.3) is 10.9 Å². The first-order valence-electron chi connectivity index (χ1n) is 12.1. The van der Waals surface area contributed by atoms with Gasteiger partial charge in [0.1, 0.15) is 11.3 Å². The molecule has 37 heavy (non-hydrogen) atoms. The van der Waals surface area contributed by atoms with Gasteiger partial charge in [0.25, 0.3) is 5.91 Å². The number of rotatable bonds is 5. The van der Waals surface area contributed by atoms with E-state index in [0.717, 1.165) is 16.6 Å². The maximum atomic E-state index is 13.0. The summed E-state index contributed by atoms with van der Waals surface area (Å²) in [5.74, 6) is 0.365. The van der Waals surface area contributed by atoms with Gasteiger partial charge >= 0.3 is 6.09 Å². The number of H-pyrrole nitrogens is 1. The van der Waals surface area contributed by atoms with Gasteiger partial charge in [-0.05, 0) is 45.0 Å². The van der Waals surface area contributed by atoms with Crippen LogP contribution in [-0.2, 0) is 4.74 Å². The summed E-state index contributed by atoms with van der Waals surface area (Å²) >= 11 is 1.34. The number of ether oxygens (including phenoxy) is 1. The molecule has 0 unspecified atom stereocenters. The van der Waals surface area contributed by atoms with Gasteiger partial charge < -0.3 is 25.2 Å². The quantitative estimate of drug-likeness (QED) is 0.337. The van der Waals surface area contributed by atoms with Crippen molar-refractivity contribution in [2.24, 2.45) is 0 Å². The molecule has 11 heteroatoms. The monoisotopic (exact) mass is 519 g/mol. The number of aromatic nitrogens is 3. The van der Waals surface area contributed by atoms with E-state index in [1.165, 1.54) is 11.3 Å². The first kappa shape index (κ1) is 24.6. The summed E-state index contributed by atoms with van der Waals surface area (Å²) in [6.45, 7) is 7.94. The zero-order valence-corrected chi connectivity index (χ0v) is 21.8. The molecule has 0 saturated carbocycles. The molecule has 1 aliphatic rings. The van der Waals surface area contributed by atoms with E-state index < -0.39 is 5.60 Å². The minimum absolute atomic E-state index is 0.295. The summed E-state index contributed by atoms with van der Waals surface area (Å²) in [7, 11) is 0. The minimum Gasteiger partial charge on any atom is -0.444 e. The first-order valence-corrected chi connectivity index (χ1v) is 12.9. The molecule has 4 aromatic rings. The Bertz CT molecular complexity index is 1420. The smallest absolute Gasteiger partial charge is 0.410 e. The number of hydrogen-bond donors (Lipinski definition) is 3. The minimum atomic E-state index is -0.526. The molecule has 2 aromatic carbocycles. The number of fused-ring (bicyclic) bond motifs is 1. The molecule has 2 aromatic heterocycles. The SMILES string of the molecule is CC(C)(C)OC(=O)N1CCN(c2ccccc2NC(=O)c2csc(Nc3n[nH]c4ccccc34)n2)CC1. The van der Waals surface area contributed by atoms with Gasteiger partial charge in [-0.3, -0.25) is 9.89 Å². The summed E-state index contributed by atoms with van der Waals surface area (Å²) in [5, 5.41) is 16.7. The molecule has 1 fully saturated rings. The predicted octanol–water partition coefficient (Wildman–Crippen LogP) is 5.07. The van der Waals surface area contributed by atoms with Crippen LogP contribution in [0.15, 0.2) is 53.9 Å². The number of anilines is 4. The number of benzene rings is 2. The van der Waals surface area contributed by atoms with Crippen molar-refractivity contribution in [3.05, 3.63) is 59.6 Å². The number of piperazine rings is 1. The van der Waals surface area contributed by atoms with E-state index in [9.17, 15) is 9.59 Å². The number of thiazole rings is 1. The van der Waals surface area contributed by atoms with Crippen molar-refractivity contribution in [1.82, 2.24) is 20.1 Å². The Morgan fingerprint density at radius 2 is 1.76 bits per heavy atom. The van der Waals surface area contributed by atoms with Crippen LogP contribution in [-0.4, -0.2) is 63.9 Å². The summed E-state index contributed by atoms with van der Waals surface area (Å²) in [5.41, 5.74) is 2.30. The van der Waals surface area contributed by atoms with Gasteiger partial charge in [-0.2, -0.15) is 5.10 Å². The Balaban J connectivity index is 1.23. The van der Waals surface area contributed by atoms with Gasteiger partial charge in [-0.1, -0.05) is 24.3 Å². The van der Waals surface area contributed by atoms with Crippen LogP contribution < -0.4 is 15.5 Å². The van der Waals surface area contributed by atoms with E-state index in [1.54, 1.807) is 10.3 Å². The Hall–Kier alpha value is -4.12. The van der Waals surface area contributed by atoms with E-state index in [2.05, 4.69) is 30.7 Å². The van der Waals surface area contributed by atoms with Crippen LogP contribution in [0.1, 0.15) is 31.3 Å². The number of para-hydroxylation sites is 3. The van der Waals surface area contributed by atoms with Crippen LogP contribution in [0.3, 0.4) is 0 Å². The lowest BCUT2D eigenvalue weighted by atomic mass is 10.2. The molecular formula is C26H29N7O3S. The van der Waals surface area contributed by atoms with Crippen molar-refractivity contribution in [3.8, 4) is 0 Å². The highest BCUT2D eigenvalue weighted by Crippen LogP contribution is 2.29. The number of nitrogens with zero attached hydrogens (tertiary/aromatic N) is 4. The van der Waals surface area contributed by atoms with Gasteiger partial charge in [0.15, 0.2) is 10.9 Å². The molecule has 0 bridgehead atoms. The molecule has 2 amide bonds. The summed E-state index contributed by atoms with van der Waals surface area (Å²) in [6, 6.07) is 15.4. The van der Waals surface area contributed by atoms with E-state index >= 15 is 0 Å². The maximum absolute atomic E-state index is 13.0. The van der Waals surface area contributed by atoms with Gasteiger partial charge in [0.2, 0.25) is 0 Å². The second-order valence-electron chi connectivity index (χ2n) is 9.71. The third-order valence-corrected chi connectivity index (χ3v) is 6.61. The zero-order valence-electron chi connectivity index (χ0n) is 20.9. The third kappa shape index (κ3) is 5.67. The number of hydrogen-bond acceptors (Lipinski definition) is 8. The average molecular weight is 520 g/mol. The highest BCUT2D eigenvalue weighted by Gasteiger charge is 2.27. The van der Waals surface area contributed by atoms with Gasteiger partial charge in [0.05, 0.1) is 16.9 Å². The summed E-state index contributed by atoms with van der Waals surface area (Å²) < 4.78 is 5.49. The molecule has 192 valence electrons.